The molecule has 0 fully saturated rings. The van der Waals surface area contributed by atoms with Gasteiger partial charge in [-0.2, -0.15) is 0 Å². The molecule has 0 spiro atoms. The average molecular weight is 290 g/mol. The zero-order valence-electron chi connectivity index (χ0n) is 12.0. The van der Waals surface area contributed by atoms with E-state index in [2.05, 4.69) is 17.2 Å². The number of para-hydroxylation sites is 1. The van der Waals surface area contributed by atoms with Crippen molar-refractivity contribution in [1.82, 2.24) is 5.32 Å². The lowest BCUT2D eigenvalue weighted by molar-refractivity contribution is -0.144. The Labute approximate surface area is 123 Å². The molecule has 0 aliphatic carbocycles. The highest BCUT2D eigenvalue weighted by Gasteiger charge is 2.19. The number of esters is 1. The molecule has 0 saturated heterocycles. The third-order valence-corrected chi connectivity index (χ3v) is 2.60. The molecule has 0 aromatic heterocycles. The van der Waals surface area contributed by atoms with E-state index < -0.39 is 23.8 Å². The van der Waals surface area contributed by atoms with Gasteiger partial charge in [-0.05, 0) is 32.1 Å². The molecule has 0 aliphatic heterocycles. The van der Waals surface area contributed by atoms with Crippen LogP contribution in [0.4, 0.5) is 5.69 Å². The third kappa shape index (κ3) is 4.76. The zero-order chi connectivity index (χ0) is 15.8. The Morgan fingerprint density at radius 3 is 2.62 bits per heavy atom. The first-order chi connectivity index (χ1) is 9.99. The van der Waals surface area contributed by atoms with Gasteiger partial charge in [0.15, 0.2) is 0 Å². The predicted octanol–water partition coefficient (Wildman–Crippen LogP) is 1.49. The van der Waals surface area contributed by atoms with Crippen LogP contribution < -0.4 is 10.6 Å². The molecule has 6 heteroatoms. The molecule has 0 aliphatic rings. The topological polar surface area (TPSA) is 84.5 Å². The maximum absolute atomic E-state index is 12.2. The molecule has 1 rings (SSSR count). The highest BCUT2D eigenvalue weighted by Crippen LogP contribution is 2.15. The van der Waals surface area contributed by atoms with E-state index in [1.807, 2.05) is 0 Å². The fourth-order valence-electron chi connectivity index (χ4n) is 1.57. The van der Waals surface area contributed by atoms with Crippen LogP contribution in [0.1, 0.15) is 24.2 Å². The number of anilines is 1. The number of carbonyl (C=O) groups is 3. The Kier molecular flexibility index (Phi) is 6.13. The van der Waals surface area contributed by atoms with Gasteiger partial charge in [0.25, 0.3) is 5.91 Å². The second-order valence-corrected chi connectivity index (χ2v) is 4.19. The van der Waals surface area contributed by atoms with Crippen molar-refractivity contribution in [3.63, 3.8) is 0 Å². The molecule has 0 radical (unpaired) electrons. The van der Waals surface area contributed by atoms with Crippen molar-refractivity contribution in [2.24, 2.45) is 0 Å². The summed E-state index contributed by atoms with van der Waals surface area (Å²) >= 11 is 0. The van der Waals surface area contributed by atoms with Crippen molar-refractivity contribution in [2.45, 2.75) is 19.9 Å². The first-order valence-corrected chi connectivity index (χ1v) is 6.49. The zero-order valence-corrected chi connectivity index (χ0v) is 12.0. The van der Waals surface area contributed by atoms with Crippen molar-refractivity contribution >= 4 is 23.5 Å². The van der Waals surface area contributed by atoms with Gasteiger partial charge in [0.05, 0.1) is 17.9 Å². The van der Waals surface area contributed by atoms with E-state index in [1.165, 1.54) is 6.92 Å². The fourth-order valence-corrected chi connectivity index (χ4v) is 1.57. The number of amides is 2. The molecular weight excluding hydrogens is 272 g/mol. The smallest absolute Gasteiger partial charge is 0.328 e. The van der Waals surface area contributed by atoms with Gasteiger partial charge in [0.1, 0.15) is 6.04 Å². The molecule has 2 amide bonds. The number of hydrogen-bond donors (Lipinski definition) is 2. The van der Waals surface area contributed by atoms with Gasteiger partial charge in [-0.15, -0.1) is 0 Å². The van der Waals surface area contributed by atoms with Crippen LogP contribution in [0.3, 0.4) is 0 Å². The number of nitrogens with one attached hydrogen (secondary N) is 2. The van der Waals surface area contributed by atoms with Crippen LogP contribution in [0, 0.1) is 0 Å². The minimum Gasteiger partial charge on any atom is -0.464 e. The Morgan fingerprint density at radius 2 is 2.00 bits per heavy atom. The van der Waals surface area contributed by atoms with E-state index in [-0.39, 0.29) is 12.2 Å². The fraction of sp³-hybridized carbons (Fsp3) is 0.267. The standard InChI is InChI=1S/C15H18N2O4/c1-4-13(18)17-12-9-7-6-8-11(12)14(19)16-10(3)15(20)21-5-2/h4,6-10H,1,5H2,2-3H3,(H,16,19)(H,17,18)/t10-/m1/s1. The van der Waals surface area contributed by atoms with Crippen LogP contribution in [0.2, 0.25) is 0 Å². The van der Waals surface area contributed by atoms with E-state index >= 15 is 0 Å². The van der Waals surface area contributed by atoms with Crippen LogP contribution in [-0.4, -0.2) is 30.4 Å². The molecule has 6 nitrogen and oxygen atoms in total. The normalized spacial score (nSPS) is 11.1. The molecule has 0 saturated carbocycles. The van der Waals surface area contributed by atoms with Gasteiger partial charge in [-0.25, -0.2) is 4.79 Å². The Balaban J connectivity index is 2.85. The molecule has 112 valence electrons. The maximum atomic E-state index is 12.2. The summed E-state index contributed by atoms with van der Waals surface area (Å²) in [6.07, 6.45) is 1.11. The summed E-state index contributed by atoms with van der Waals surface area (Å²) in [5, 5.41) is 5.06. The summed E-state index contributed by atoms with van der Waals surface area (Å²) < 4.78 is 4.82. The van der Waals surface area contributed by atoms with Gasteiger partial charge in [0, 0.05) is 0 Å². The number of rotatable bonds is 6. The molecular formula is C15H18N2O4. The van der Waals surface area contributed by atoms with E-state index in [1.54, 1.807) is 31.2 Å². The van der Waals surface area contributed by atoms with Crippen LogP contribution in [0.5, 0.6) is 0 Å². The maximum Gasteiger partial charge on any atom is 0.328 e. The molecule has 1 atom stereocenters. The monoisotopic (exact) mass is 290 g/mol. The minimum absolute atomic E-state index is 0.241. The van der Waals surface area contributed by atoms with Gasteiger partial charge in [-0.3, -0.25) is 9.59 Å². The Morgan fingerprint density at radius 1 is 1.33 bits per heavy atom. The Hall–Kier alpha value is -2.63. The van der Waals surface area contributed by atoms with Crippen LogP contribution in [0.25, 0.3) is 0 Å². The summed E-state index contributed by atoms with van der Waals surface area (Å²) in [6.45, 7) is 6.81. The number of carbonyl (C=O) groups excluding carboxylic acids is 3. The highest BCUT2D eigenvalue weighted by molar-refractivity contribution is 6.07. The quantitative estimate of drug-likeness (QED) is 0.614. The lowest BCUT2D eigenvalue weighted by Gasteiger charge is -2.14. The van der Waals surface area contributed by atoms with E-state index in [9.17, 15) is 14.4 Å². The highest BCUT2D eigenvalue weighted by atomic mass is 16.5. The second kappa shape index (κ2) is 7.84. The lowest BCUT2D eigenvalue weighted by atomic mass is 10.1. The number of hydrogen-bond acceptors (Lipinski definition) is 4. The summed E-state index contributed by atoms with van der Waals surface area (Å²) in [4.78, 5) is 35.0. The molecule has 0 unspecified atom stereocenters. The average Bonchev–Trinajstić information content (AvgIpc) is 2.47. The van der Waals surface area contributed by atoms with E-state index in [0.717, 1.165) is 6.08 Å². The van der Waals surface area contributed by atoms with E-state index in [0.29, 0.717) is 5.69 Å². The van der Waals surface area contributed by atoms with Crippen molar-refractivity contribution in [1.29, 1.82) is 0 Å². The van der Waals surface area contributed by atoms with Crippen LogP contribution in [0.15, 0.2) is 36.9 Å². The van der Waals surface area contributed by atoms with Crippen molar-refractivity contribution in [3.8, 4) is 0 Å². The predicted molar refractivity (Wildman–Crippen MR) is 78.8 cm³/mol. The van der Waals surface area contributed by atoms with Crippen molar-refractivity contribution in [3.05, 3.63) is 42.5 Å². The minimum atomic E-state index is -0.777. The Bertz CT molecular complexity index is 554. The molecule has 2 N–H and O–H groups in total. The largest absolute Gasteiger partial charge is 0.464 e. The van der Waals surface area contributed by atoms with Gasteiger partial charge >= 0.3 is 5.97 Å². The lowest BCUT2D eigenvalue weighted by Crippen LogP contribution is -2.39. The molecule has 21 heavy (non-hydrogen) atoms. The molecule has 0 heterocycles. The molecule has 1 aromatic carbocycles. The molecule has 1 aromatic rings. The first-order valence-electron chi connectivity index (χ1n) is 6.49. The number of benzene rings is 1. The molecule has 0 bridgehead atoms. The van der Waals surface area contributed by atoms with E-state index in [4.69, 9.17) is 4.74 Å². The third-order valence-electron chi connectivity index (χ3n) is 2.60. The van der Waals surface area contributed by atoms with Gasteiger partial charge < -0.3 is 15.4 Å². The SMILES string of the molecule is C=CC(=O)Nc1ccccc1C(=O)N[C@H](C)C(=O)OCC. The summed E-state index contributed by atoms with van der Waals surface area (Å²) in [5.41, 5.74) is 0.597. The van der Waals surface area contributed by atoms with Crippen molar-refractivity contribution < 1.29 is 19.1 Å². The summed E-state index contributed by atoms with van der Waals surface area (Å²) in [5.74, 6) is -1.41. The van der Waals surface area contributed by atoms with Gasteiger partial charge in [0.2, 0.25) is 5.91 Å². The van der Waals surface area contributed by atoms with Crippen molar-refractivity contribution in [2.75, 3.05) is 11.9 Å². The summed E-state index contributed by atoms with van der Waals surface area (Å²) in [6, 6.07) is 5.70. The summed E-state index contributed by atoms with van der Waals surface area (Å²) in [7, 11) is 0. The van der Waals surface area contributed by atoms with Crippen LogP contribution in [-0.2, 0) is 14.3 Å². The number of ether oxygens (including phenoxy) is 1. The second-order valence-electron chi connectivity index (χ2n) is 4.19. The van der Waals surface area contributed by atoms with Gasteiger partial charge in [-0.1, -0.05) is 18.7 Å². The van der Waals surface area contributed by atoms with Crippen LogP contribution >= 0.6 is 0 Å². The first kappa shape index (κ1) is 16.4.